The second kappa shape index (κ2) is 7.66. The van der Waals surface area contributed by atoms with Crippen LogP contribution in [0.4, 0.5) is 17.3 Å². The van der Waals surface area contributed by atoms with Crippen LogP contribution in [0.25, 0.3) is 5.69 Å². The van der Waals surface area contributed by atoms with E-state index >= 15 is 0 Å². The number of nitrogens with one attached hydrogen (secondary N) is 1. The van der Waals surface area contributed by atoms with Gasteiger partial charge in [-0.05, 0) is 38.2 Å². The Balaban J connectivity index is 1.45. The second-order valence-corrected chi connectivity index (χ2v) is 7.01. The van der Waals surface area contributed by atoms with Gasteiger partial charge < -0.3 is 19.7 Å². The maximum atomic E-state index is 8.78. The Labute approximate surface area is 164 Å². The lowest BCUT2D eigenvalue weighted by atomic mass is 10.1. The van der Waals surface area contributed by atoms with Crippen LogP contribution in [0.2, 0.25) is 0 Å². The molecule has 0 saturated carbocycles. The molecule has 1 N–H and O–H groups in total. The molecule has 0 amide bonds. The quantitative estimate of drug-likeness (QED) is 0.750. The first kappa shape index (κ1) is 17.9. The first-order valence-corrected chi connectivity index (χ1v) is 9.21. The zero-order chi connectivity index (χ0) is 19.5. The van der Waals surface area contributed by atoms with Gasteiger partial charge in [-0.15, -0.1) is 0 Å². The van der Waals surface area contributed by atoms with Crippen molar-refractivity contribution < 1.29 is 0 Å². The van der Waals surface area contributed by atoms with Gasteiger partial charge in [0.2, 0.25) is 0 Å². The molecule has 0 radical (unpaired) electrons. The first-order valence-electron chi connectivity index (χ1n) is 9.21. The largest absolute Gasteiger partial charge is 0.366 e. The molecule has 3 aromatic rings. The van der Waals surface area contributed by atoms with Crippen molar-refractivity contribution in [2.24, 2.45) is 0 Å². The van der Waals surface area contributed by atoms with E-state index in [0.717, 1.165) is 25.3 Å². The molecule has 142 valence electrons. The van der Waals surface area contributed by atoms with Gasteiger partial charge in [-0.2, -0.15) is 5.26 Å². The summed E-state index contributed by atoms with van der Waals surface area (Å²) in [7, 11) is 2.17. The molecule has 8 nitrogen and oxygen atoms in total. The Morgan fingerprint density at radius 3 is 2.50 bits per heavy atom. The highest BCUT2D eigenvalue weighted by Gasteiger charge is 2.21. The van der Waals surface area contributed by atoms with Gasteiger partial charge in [0, 0.05) is 37.1 Å². The summed E-state index contributed by atoms with van der Waals surface area (Å²) in [5, 5.41) is 11.9. The van der Waals surface area contributed by atoms with E-state index in [1.165, 1.54) is 18.1 Å². The van der Waals surface area contributed by atoms with E-state index in [0.29, 0.717) is 17.7 Å². The van der Waals surface area contributed by atoms with E-state index in [1.807, 2.05) is 16.8 Å². The number of benzene rings is 1. The van der Waals surface area contributed by atoms with Gasteiger partial charge in [0.15, 0.2) is 5.69 Å². The number of hydrogen-bond donors (Lipinski definition) is 1. The van der Waals surface area contributed by atoms with Crippen molar-refractivity contribution in [1.82, 2.24) is 24.4 Å². The highest BCUT2D eigenvalue weighted by molar-refractivity contribution is 5.54. The fourth-order valence-electron chi connectivity index (χ4n) is 3.45. The van der Waals surface area contributed by atoms with E-state index < -0.39 is 0 Å². The summed E-state index contributed by atoms with van der Waals surface area (Å²) in [6, 6.07) is 11.0. The molecule has 1 aromatic carbocycles. The summed E-state index contributed by atoms with van der Waals surface area (Å²) in [5.74, 6) is 1.21. The monoisotopic (exact) mass is 374 g/mol. The lowest BCUT2D eigenvalue weighted by Crippen LogP contribution is -2.50. The Morgan fingerprint density at radius 1 is 1.04 bits per heavy atom. The van der Waals surface area contributed by atoms with Crippen molar-refractivity contribution in [1.29, 1.82) is 5.26 Å². The van der Waals surface area contributed by atoms with Crippen LogP contribution in [0.5, 0.6) is 0 Å². The van der Waals surface area contributed by atoms with Crippen LogP contribution in [0.1, 0.15) is 12.6 Å². The minimum atomic E-state index is 0.283. The minimum Gasteiger partial charge on any atom is -0.366 e. The Bertz CT molecular complexity index is 971. The predicted octanol–water partition coefficient (Wildman–Crippen LogP) is 2.42. The molecule has 1 fully saturated rings. The van der Waals surface area contributed by atoms with Gasteiger partial charge in [0.25, 0.3) is 0 Å². The highest BCUT2D eigenvalue weighted by Crippen LogP contribution is 2.22. The minimum absolute atomic E-state index is 0.283. The molecule has 0 aliphatic carbocycles. The SMILES string of the molecule is CC1CN(C)CCN1c1ccc(-n2cnc(Nc3cnc(C#N)cn3)c2)cc1. The van der Waals surface area contributed by atoms with E-state index in [4.69, 9.17) is 5.26 Å². The smallest absolute Gasteiger partial charge is 0.158 e. The van der Waals surface area contributed by atoms with Gasteiger partial charge in [-0.1, -0.05) is 0 Å². The van der Waals surface area contributed by atoms with E-state index in [2.05, 4.69) is 68.3 Å². The first-order chi connectivity index (χ1) is 13.6. The standard InChI is InChI=1S/C20H22N8/c1-15-12-26(2)7-8-28(15)18-5-3-17(4-6-18)27-13-20(24-14-27)25-19-11-22-16(9-21)10-23-19/h3-6,10-11,13-15H,7-8,12H2,1-2H3,(H,23,25). The van der Waals surface area contributed by atoms with Crippen molar-refractivity contribution >= 4 is 17.3 Å². The van der Waals surface area contributed by atoms with Crippen LogP contribution in [0, 0.1) is 11.3 Å². The zero-order valence-corrected chi connectivity index (χ0v) is 15.9. The van der Waals surface area contributed by atoms with Crippen LogP contribution < -0.4 is 10.2 Å². The summed E-state index contributed by atoms with van der Waals surface area (Å²) in [4.78, 5) is 17.3. The van der Waals surface area contributed by atoms with Gasteiger partial charge in [0.05, 0.1) is 18.6 Å². The Kier molecular flexibility index (Phi) is 4.91. The zero-order valence-electron chi connectivity index (χ0n) is 15.9. The van der Waals surface area contributed by atoms with E-state index in [1.54, 1.807) is 6.33 Å². The fraction of sp³-hybridized carbons (Fsp3) is 0.300. The summed E-state index contributed by atoms with van der Waals surface area (Å²) in [5.41, 5.74) is 2.57. The molecule has 1 unspecified atom stereocenters. The molecule has 2 aromatic heterocycles. The lowest BCUT2D eigenvalue weighted by molar-refractivity contribution is 0.275. The third-order valence-corrected chi connectivity index (χ3v) is 4.92. The van der Waals surface area contributed by atoms with Crippen molar-refractivity contribution in [3.8, 4) is 11.8 Å². The van der Waals surface area contributed by atoms with Crippen LogP contribution in [-0.4, -0.2) is 57.1 Å². The van der Waals surface area contributed by atoms with Crippen LogP contribution >= 0.6 is 0 Å². The number of rotatable bonds is 4. The van der Waals surface area contributed by atoms with Crippen molar-refractivity contribution in [3.63, 3.8) is 0 Å². The fourth-order valence-corrected chi connectivity index (χ4v) is 3.45. The molecule has 1 aliphatic rings. The van der Waals surface area contributed by atoms with Crippen molar-refractivity contribution in [2.45, 2.75) is 13.0 Å². The van der Waals surface area contributed by atoms with E-state index in [-0.39, 0.29) is 5.69 Å². The molecule has 1 saturated heterocycles. The molecule has 0 bridgehead atoms. The maximum absolute atomic E-state index is 8.78. The number of piperazine rings is 1. The third kappa shape index (κ3) is 3.80. The molecule has 1 aliphatic heterocycles. The predicted molar refractivity (Wildman–Crippen MR) is 108 cm³/mol. The van der Waals surface area contributed by atoms with Gasteiger partial charge in [-0.3, -0.25) is 0 Å². The molecule has 28 heavy (non-hydrogen) atoms. The molecule has 3 heterocycles. The molecule has 1 atom stereocenters. The molecular weight excluding hydrogens is 352 g/mol. The molecule has 0 spiro atoms. The topological polar surface area (TPSA) is 85.9 Å². The highest BCUT2D eigenvalue weighted by atomic mass is 15.3. The number of aromatic nitrogens is 4. The molecular formula is C20H22N8. The van der Waals surface area contributed by atoms with Gasteiger partial charge in [-0.25, -0.2) is 15.0 Å². The summed E-state index contributed by atoms with van der Waals surface area (Å²) in [6.45, 7) is 5.47. The number of likely N-dealkylation sites (N-methyl/N-ethyl adjacent to an activating group) is 1. The second-order valence-electron chi connectivity index (χ2n) is 7.01. The molecule has 4 rings (SSSR count). The average Bonchev–Trinajstić information content (AvgIpc) is 3.17. The maximum Gasteiger partial charge on any atom is 0.158 e. The Morgan fingerprint density at radius 2 is 1.82 bits per heavy atom. The van der Waals surface area contributed by atoms with Crippen LogP contribution in [-0.2, 0) is 0 Å². The van der Waals surface area contributed by atoms with E-state index in [9.17, 15) is 0 Å². The molecule has 8 heteroatoms. The third-order valence-electron chi connectivity index (χ3n) is 4.92. The van der Waals surface area contributed by atoms with Crippen LogP contribution in [0.3, 0.4) is 0 Å². The number of nitriles is 1. The van der Waals surface area contributed by atoms with Crippen LogP contribution in [0.15, 0.2) is 49.2 Å². The van der Waals surface area contributed by atoms with Gasteiger partial charge >= 0.3 is 0 Å². The number of nitrogens with zero attached hydrogens (tertiary/aromatic N) is 7. The normalized spacial score (nSPS) is 17.3. The Hall–Kier alpha value is -3.44. The van der Waals surface area contributed by atoms with Gasteiger partial charge in [0.1, 0.15) is 24.0 Å². The number of hydrogen-bond acceptors (Lipinski definition) is 7. The van der Waals surface area contributed by atoms with Crippen molar-refractivity contribution in [3.05, 3.63) is 54.9 Å². The van der Waals surface area contributed by atoms with Crippen molar-refractivity contribution in [2.75, 3.05) is 36.9 Å². The summed E-state index contributed by atoms with van der Waals surface area (Å²) in [6.07, 6.45) is 6.60. The average molecular weight is 374 g/mol. The number of anilines is 3. The summed E-state index contributed by atoms with van der Waals surface area (Å²) < 4.78 is 1.95. The summed E-state index contributed by atoms with van der Waals surface area (Å²) >= 11 is 0. The number of imidazole rings is 1. The lowest BCUT2D eigenvalue weighted by Gasteiger charge is -2.39.